The van der Waals surface area contributed by atoms with Crippen LogP contribution in [-0.2, 0) is 11.2 Å². The highest BCUT2D eigenvalue weighted by Gasteiger charge is 2.28. The van der Waals surface area contributed by atoms with Crippen molar-refractivity contribution in [1.29, 1.82) is 0 Å². The van der Waals surface area contributed by atoms with Crippen LogP contribution in [0.1, 0.15) is 37.7 Å². The summed E-state index contributed by atoms with van der Waals surface area (Å²) in [5.41, 5.74) is 1.05. The van der Waals surface area contributed by atoms with Gasteiger partial charge < -0.3 is 19.9 Å². The van der Waals surface area contributed by atoms with Crippen LogP contribution < -0.4 is 10.1 Å². The van der Waals surface area contributed by atoms with Gasteiger partial charge in [0.1, 0.15) is 5.75 Å². The Balaban J connectivity index is 1.40. The van der Waals surface area contributed by atoms with Gasteiger partial charge in [-0.1, -0.05) is 18.2 Å². The van der Waals surface area contributed by atoms with Gasteiger partial charge in [-0.25, -0.2) is 4.79 Å². The second-order valence-electron chi connectivity index (χ2n) is 7.12. The predicted octanol–water partition coefficient (Wildman–Crippen LogP) is 2.42. The van der Waals surface area contributed by atoms with E-state index < -0.39 is 0 Å². The third kappa shape index (κ3) is 4.68. The number of likely N-dealkylation sites (tertiary alicyclic amines) is 2. The molecule has 3 amide bonds. The van der Waals surface area contributed by atoms with Crippen molar-refractivity contribution in [3.8, 4) is 5.75 Å². The summed E-state index contributed by atoms with van der Waals surface area (Å²) in [6.45, 7) is 3.23. The van der Waals surface area contributed by atoms with E-state index in [4.69, 9.17) is 4.74 Å². The number of nitrogens with one attached hydrogen (secondary N) is 1. The van der Waals surface area contributed by atoms with Crippen LogP contribution in [0.2, 0.25) is 0 Å². The number of hydrogen-bond acceptors (Lipinski definition) is 3. The monoisotopic (exact) mass is 359 g/mol. The Kier molecular flexibility index (Phi) is 6.36. The standard InChI is InChI=1S/C20H29N3O3/c1-26-18-7-3-2-6-16(18)8-9-19(24)21-17-10-14-23(15-11-17)20(25)22-12-4-5-13-22/h2-3,6-7,17H,4-5,8-15H2,1H3,(H,21,24). The summed E-state index contributed by atoms with van der Waals surface area (Å²) in [4.78, 5) is 28.6. The Labute approximate surface area is 155 Å². The lowest BCUT2D eigenvalue weighted by atomic mass is 10.0. The second kappa shape index (κ2) is 8.92. The molecule has 3 rings (SSSR count). The molecule has 0 bridgehead atoms. The molecule has 2 heterocycles. The van der Waals surface area contributed by atoms with Gasteiger partial charge in [0.15, 0.2) is 0 Å². The summed E-state index contributed by atoms with van der Waals surface area (Å²) in [6, 6.07) is 8.14. The molecule has 26 heavy (non-hydrogen) atoms. The van der Waals surface area contributed by atoms with Crippen LogP contribution in [0.3, 0.4) is 0 Å². The van der Waals surface area contributed by atoms with Crippen LogP contribution in [0.25, 0.3) is 0 Å². The van der Waals surface area contributed by atoms with Crippen molar-refractivity contribution in [3.63, 3.8) is 0 Å². The highest BCUT2D eigenvalue weighted by Crippen LogP contribution is 2.19. The highest BCUT2D eigenvalue weighted by molar-refractivity contribution is 5.77. The van der Waals surface area contributed by atoms with Gasteiger partial charge in [-0.15, -0.1) is 0 Å². The maximum Gasteiger partial charge on any atom is 0.319 e. The number of nitrogens with zero attached hydrogens (tertiary/aromatic N) is 2. The molecular weight excluding hydrogens is 330 g/mol. The van der Waals surface area contributed by atoms with Crippen LogP contribution in [-0.4, -0.2) is 61.1 Å². The molecule has 2 aliphatic heterocycles. The van der Waals surface area contributed by atoms with Gasteiger partial charge in [0.25, 0.3) is 0 Å². The number of carbonyl (C=O) groups excluding carboxylic acids is 2. The van der Waals surface area contributed by atoms with Gasteiger partial charge in [0.05, 0.1) is 7.11 Å². The topological polar surface area (TPSA) is 61.9 Å². The van der Waals surface area contributed by atoms with E-state index in [1.165, 1.54) is 0 Å². The third-order valence-corrected chi connectivity index (χ3v) is 5.32. The molecule has 2 fully saturated rings. The number of rotatable bonds is 5. The molecule has 2 saturated heterocycles. The van der Waals surface area contributed by atoms with Crippen molar-refractivity contribution in [3.05, 3.63) is 29.8 Å². The Hall–Kier alpha value is -2.24. The van der Waals surface area contributed by atoms with Gasteiger partial charge in [-0.2, -0.15) is 0 Å². The fourth-order valence-corrected chi connectivity index (χ4v) is 3.78. The van der Waals surface area contributed by atoms with Crippen molar-refractivity contribution in [2.75, 3.05) is 33.3 Å². The number of carbonyl (C=O) groups is 2. The number of hydrogen-bond donors (Lipinski definition) is 1. The zero-order valence-corrected chi connectivity index (χ0v) is 15.6. The molecule has 1 N–H and O–H groups in total. The van der Waals surface area contributed by atoms with Crippen molar-refractivity contribution in [1.82, 2.24) is 15.1 Å². The van der Waals surface area contributed by atoms with Crippen molar-refractivity contribution in [2.45, 2.75) is 44.6 Å². The number of amides is 3. The molecule has 0 atom stereocenters. The molecule has 6 nitrogen and oxygen atoms in total. The second-order valence-corrected chi connectivity index (χ2v) is 7.12. The molecule has 1 aromatic carbocycles. The first-order chi connectivity index (χ1) is 12.7. The molecular formula is C20H29N3O3. The molecule has 0 saturated carbocycles. The van der Waals surface area contributed by atoms with Crippen molar-refractivity contribution >= 4 is 11.9 Å². The molecule has 0 aromatic heterocycles. The van der Waals surface area contributed by atoms with E-state index in [2.05, 4.69) is 5.32 Å². The van der Waals surface area contributed by atoms with E-state index >= 15 is 0 Å². The maximum absolute atomic E-state index is 12.4. The van der Waals surface area contributed by atoms with Crippen LogP contribution in [0.4, 0.5) is 4.79 Å². The van der Waals surface area contributed by atoms with E-state index in [1.807, 2.05) is 34.1 Å². The first-order valence-electron chi connectivity index (χ1n) is 9.62. The first-order valence-corrected chi connectivity index (χ1v) is 9.62. The SMILES string of the molecule is COc1ccccc1CCC(=O)NC1CCN(C(=O)N2CCCC2)CC1. The summed E-state index contributed by atoms with van der Waals surface area (Å²) in [6.07, 6.45) is 5.02. The average Bonchev–Trinajstić information content (AvgIpc) is 3.21. The first kappa shape index (κ1) is 18.5. The van der Waals surface area contributed by atoms with Gasteiger partial charge >= 0.3 is 6.03 Å². The van der Waals surface area contributed by atoms with E-state index in [1.54, 1.807) is 7.11 Å². The number of methoxy groups -OCH3 is 1. The molecule has 6 heteroatoms. The minimum atomic E-state index is 0.0697. The maximum atomic E-state index is 12.4. The van der Waals surface area contributed by atoms with Crippen LogP contribution in [0.5, 0.6) is 5.75 Å². The Morgan fingerprint density at radius 2 is 1.73 bits per heavy atom. The number of benzene rings is 1. The van der Waals surface area contributed by atoms with Gasteiger partial charge in [0, 0.05) is 38.6 Å². The third-order valence-electron chi connectivity index (χ3n) is 5.32. The lowest BCUT2D eigenvalue weighted by molar-refractivity contribution is -0.122. The van der Waals surface area contributed by atoms with Crippen molar-refractivity contribution < 1.29 is 14.3 Å². The minimum absolute atomic E-state index is 0.0697. The van der Waals surface area contributed by atoms with E-state index in [0.29, 0.717) is 12.8 Å². The Bertz CT molecular complexity index is 620. The molecule has 0 spiro atoms. The molecule has 142 valence electrons. The van der Waals surface area contributed by atoms with Gasteiger partial charge in [0.2, 0.25) is 5.91 Å². The fourth-order valence-electron chi connectivity index (χ4n) is 3.78. The highest BCUT2D eigenvalue weighted by atomic mass is 16.5. The normalized spacial score (nSPS) is 18.0. The molecule has 1 aromatic rings. The average molecular weight is 359 g/mol. The lowest BCUT2D eigenvalue weighted by Crippen LogP contribution is -2.50. The Morgan fingerprint density at radius 1 is 1.08 bits per heavy atom. The lowest BCUT2D eigenvalue weighted by Gasteiger charge is -2.34. The summed E-state index contributed by atoms with van der Waals surface area (Å²) in [5.74, 6) is 0.897. The van der Waals surface area contributed by atoms with Crippen LogP contribution >= 0.6 is 0 Å². The zero-order chi connectivity index (χ0) is 18.4. The number of ether oxygens (including phenoxy) is 1. The molecule has 2 aliphatic rings. The Morgan fingerprint density at radius 3 is 2.42 bits per heavy atom. The van der Waals surface area contributed by atoms with E-state index in [-0.39, 0.29) is 18.0 Å². The number of aryl methyl sites for hydroxylation is 1. The minimum Gasteiger partial charge on any atom is -0.496 e. The molecule has 0 radical (unpaired) electrons. The number of piperidine rings is 1. The van der Waals surface area contributed by atoms with Crippen LogP contribution in [0.15, 0.2) is 24.3 Å². The fraction of sp³-hybridized carbons (Fsp3) is 0.600. The van der Waals surface area contributed by atoms with Gasteiger partial charge in [-0.05, 0) is 43.7 Å². The zero-order valence-electron chi connectivity index (χ0n) is 15.6. The molecule has 0 unspecified atom stereocenters. The summed E-state index contributed by atoms with van der Waals surface area (Å²) >= 11 is 0. The van der Waals surface area contributed by atoms with E-state index in [0.717, 1.165) is 63.2 Å². The van der Waals surface area contributed by atoms with Gasteiger partial charge in [-0.3, -0.25) is 4.79 Å². The van der Waals surface area contributed by atoms with E-state index in [9.17, 15) is 9.59 Å². The summed E-state index contributed by atoms with van der Waals surface area (Å²) in [5, 5.41) is 3.12. The molecule has 0 aliphatic carbocycles. The summed E-state index contributed by atoms with van der Waals surface area (Å²) < 4.78 is 5.33. The quantitative estimate of drug-likeness (QED) is 0.878. The number of para-hydroxylation sites is 1. The number of urea groups is 1. The van der Waals surface area contributed by atoms with Crippen LogP contribution in [0, 0.1) is 0 Å². The van der Waals surface area contributed by atoms with Crippen molar-refractivity contribution in [2.24, 2.45) is 0 Å². The largest absolute Gasteiger partial charge is 0.496 e. The smallest absolute Gasteiger partial charge is 0.319 e. The predicted molar refractivity (Wildman–Crippen MR) is 100 cm³/mol. The summed E-state index contributed by atoms with van der Waals surface area (Å²) in [7, 11) is 1.65.